The summed E-state index contributed by atoms with van der Waals surface area (Å²) in [4.78, 5) is 19.9. The second-order valence-corrected chi connectivity index (χ2v) is 6.01. The lowest BCUT2D eigenvalue weighted by atomic mass is 10.1. The fraction of sp³-hybridized carbons (Fsp3) is 0. The average Bonchev–Trinajstić information content (AvgIpc) is 3.00. The Hall–Kier alpha value is -3.36. The molecule has 0 aliphatic carbocycles. The van der Waals surface area contributed by atoms with Crippen LogP contribution in [-0.2, 0) is 0 Å². The van der Waals surface area contributed by atoms with Crippen LogP contribution in [0.25, 0.3) is 21.8 Å². The van der Waals surface area contributed by atoms with Gasteiger partial charge in [0, 0.05) is 27.6 Å². The summed E-state index contributed by atoms with van der Waals surface area (Å²) in [5, 5.41) is 14.3. The molecule has 4 rings (SSSR count). The molecule has 0 atom stereocenters. The minimum Gasteiger partial charge on any atom is -0.352 e. The lowest BCUT2D eigenvalue weighted by Crippen LogP contribution is -2.12. The van der Waals surface area contributed by atoms with E-state index >= 15 is 0 Å². The van der Waals surface area contributed by atoms with Crippen LogP contribution in [0, 0.1) is 11.3 Å². The number of carbonyl (C=O) groups excluding carboxylic acids is 1. The van der Waals surface area contributed by atoms with Gasteiger partial charge in [0.15, 0.2) is 0 Å². The van der Waals surface area contributed by atoms with E-state index in [0.29, 0.717) is 21.8 Å². The van der Waals surface area contributed by atoms with Crippen LogP contribution in [0.4, 0.5) is 5.69 Å². The number of hydrogen-bond donors (Lipinski definition) is 2. The van der Waals surface area contributed by atoms with Gasteiger partial charge in [-0.05, 0) is 36.4 Å². The van der Waals surface area contributed by atoms with Crippen LogP contribution < -0.4 is 5.32 Å². The van der Waals surface area contributed by atoms with Crippen LogP contribution in [0.1, 0.15) is 15.9 Å². The number of anilines is 1. The molecule has 2 aromatic heterocycles. The van der Waals surface area contributed by atoms with Gasteiger partial charge >= 0.3 is 0 Å². The van der Waals surface area contributed by atoms with Gasteiger partial charge in [0.05, 0.1) is 34.6 Å². The van der Waals surface area contributed by atoms with Gasteiger partial charge in [-0.3, -0.25) is 9.78 Å². The molecule has 5 nitrogen and oxygen atoms in total. The van der Waals surface area contributed by atoms with E-state index in [-0.39, 0.29) is 5.91 Å². The Balaban J connectivity index is 1.81. The Morgan fingerprint density at radius 2 is 2.08 bits per heavy atom. The third-order valence-corrected chi connectivity index (χ3v) is 4.19. The first-order chi connectivity index (χ1) is 12.2. The summed E-state index contributed by atoms with van der Waals surface area (Å²) >= 11 is 6.23. The monoisotopic (exact) mass is 346 g/mol. The number of halogens is 1. The molecule has 0 bridgehead atoms. The van der Waals surface area contributed by atoms with Gasteiger partial charge in [0.25, 0.3) is 5.91 Å². The summed E-state index contributed by atoms with van der Waals surface area (Å²) in [6.45, 7) is 0. The number of benzene rings is 2. The fourth-order valence-electron chi connectivity index (χ4n) is 2.84. The summed E-state index contributed by atoms with van der Waals surface area (Å²) in [7, 11) is 0. The zero-order valence-corrected chi connectivity index (χ0v) is 13.6. The highest BCUT2D eigenvalue weighted by molar-refractivity contribution is 6.33. The molecule has 120 valence electrons. The van der Waals surface area contributed by atoms with E-state index in [1.54, 1.807) is 42.7 Å². The minimum absolute atomic E-state index is 0.308. The number of aromatic amines is 1. The first-order valence-electron chi connectivity index (χ1n) is 7.52. The van der Waals surface area contributed by atoms with Crippen molar-refractivity contribution in [2.75, 3.05) is 5.32 Å². The number of aromatic nitrogens is 2. The van der Waals surface area contributed by atoms with Crippen molar-refractivity contribution in [3.05, 3.63) is 71.0 Å². The molecule has 2 heterocycles. The third-order valence-electron chi connectivity index (χ3n) is 3.98. The van der Waals surface area contributed by atoms with Gasteiger partial charge in [-0.1, -0.05) is 17.7 Å². The van der Waals surface area contributed by atoms with Crippen LogP contribution in [0.2, 0.25) is 5.02 Å². The number of rotatable bonds is 2. The predicted octanol–water partition coefficient (Wildman–Crippen LogP) is 4.49. The molecule has 6 heteroatoms. The summed E-state index contributed by atoms with van der Waals surface area (Å²) < 4.78 is 0. The second-order valence-electron chi connectivity index (χ2n) is 5.57. The molecule has 0 aliphatic rings. The number of nitriles is 1. The third kappa shape index (κ3) is 2.69. The lowest BCUT2D eigenvalue weighted by molar-refractivity contribution is 0.102. The van der Waals surface area contributed by atoms with Crippen molar-refractivity contribution in [2.24, 2.45) is 0 Å². The molecule has 0 unspecified atom stereocenters. The van der Waals surface area contributed by atoms with Crippen LogP contribution >= 0.6 is 11.6 Å². The molecular weight excluding hydrogens is 336 g/mol. The van der Waals surface area contributed by atoms with Gasteiger partial charge in [0.1, 0.15) is 0 Å². The van der Waals surface area contributed by atoms with E-state index in [1.165, 1.54) is 0 Å². The highest BCUT2D eigenvalue weighted by Crippen LogP contribution is 2.33. The normalized spacial score (nSPS) is 10.7. The number of pyridine rings is 1. The molecule has 0 radical (unpaired) electrons. The minimum atomic E-state index is -0.308. The topological polar surface area (TPSA) is 81.6 Å². The smallest absolute Gasteiger partial charge is 0.255 e. The number of fused-ring (bicyclic) bond motifs is 3. The molecule has 0 aliphatic heterocycles. The van der Waals surface area contributed by atoms with Crippen molar-refractivity contribution in [2.45, 2.75) is 0 Å². The molecule has 4 aromatic rings. The van der Waals surface area contributed by atoms with E-state index in [2.05, 4.69) is 15.3 Å². The van der Waals surface area contributed by atoms with Gasteiger partial charge in [0.2, 0.25) is 0 Å². The van der Waals surface area contributed by atoms with Crippen LogP contribution in [-0.4, -0.2) is 15.9 Å². The van der Waals surface area contributed by atoms with Crippen molar-refractivity contribution in [1.82, 2.24) is 9.97 Å². The summed E-state index contributed by atoms with van der Waals surface area (Å²) in [5.41, 5.74) is 3.05. The summed E-state index contributed by atoms with van der Waals surface area (Å²) in [6, 6.07) is 14.0. The second kappa shape index (κ2) is 5.93. The number of H-pyrrole nitrogens is 1. The Morgan fingerprint density at radius 3 is 2.92 bits per heavy atom. The molecule has 2 N–H and O–H groups in total. The lowest BCUT2D eigenvalue weighted by Gasteiger charge is -2.08. The van der Waals surface area contributed by atoms with Crippen molar-refractivity contribution < 1.29 is 4.79 Å². The maximum atomic E-state index is 12.6. The summed E-state index contributed by atoms with van der Waals surface area (Å²) in [6.07, 6.45) is 3.44. The van der Waals surface area contributed by atoms with E-state index < -0.39 is 0 Å². The van der Waals surface area contributed by atoms with Crippen molar-refractivity contribution in [3.63, 3.8) is 0 Å². The largest absolute Gasteiger partial charge is 0.352 e. The zero-order chi connectivity index (χ0) is 17.4. The van der Waals surface area contributed by atoms with E-state index in [4.69, 9.17) is 16.9 Å². The standard InChI is InChI=1S/C19H11ClN4O/c20-13-7-15-14-4-5-22-10-17(14)23-18(15)16(8-13)24-19(25)12-3-1-2-11(6-12)9-21/h1-8,10,23H,(H,24,25). The first kappa shape index (κ1) is 15.2. The van der Waals surface area contributed by atoms with Gasteiger partial charge in [-0.25, -0.2) is 0 Å². The number of amides is 1. The Labute approximate surface area is 147 Å². The molecule has 0 saturated heterocycles. The maximum absolute atomic E-state index is 12.6. The predicted molar refractivity (Wildman–Crippen MR) is 97.7 cm³/mol. The van der Waals surface area contributed by atoms with Crippen molar-refractivity contribution in [3.8, 4) is 6.07 Å². The van der Waals surface area contributed by atoms with Crippen LogP contribution in [0.3, 0.4) is 0 Å². The number of nitrogens with one attached hydrogen (secondary N) is 2. The van der Waals surface area contributed by atoms with Gasteiger partial charge in [-0.2, -0.15) is 5.26 Å². The Kier molecular flexibility index (Phi) is 3.60. The molecular formula is C19H11ClN4O. The maximum Gasteiger partial charge on any atom is 0.255 e. The quantitative estimate of drug-likeness (QED) is 0.561. The molecule has 2 aromatic carbocycles. The van der Waals surface area contributed by atoms with E-state index in [9.17, 15) is 4.79 Å². The highest BCUT2D eigenvalue weighted by atomic mass is 35.5. The molecule has 0 saturated carbocycles. The zero-order valence-electron chi connectivity index (χ0n) is 12.9. The van der Waals surface area contributed by atoms with Crippen LogP contribution in [0.5, 0.6) is 0 Å². The fourth-order valence-corrected chi connectivity index (χ4v) is 3.06. The first-order valence-corrected chi connectivity index (χ1v) is 7.90. The van der Waals surface area contributed by atoms with E-state index in [0.717, 1.165) is 21.8 Å². The highest BCUT2D eigenvalue weighted by Gasteiger charge is 2.13. The Morgan fingerprint density at radius 1 is 1.20 bits per heavy atom. The van der Waals surface area contributed by atoms with Gasteiger partial charge < -0.3 is 10.3 Å². The van der Waals surface area contributed by atoms with Gasteiger partial charge in [-0.15, -0.1) is 0 Å². The average molecular weight is 347 g/mol. The molecule has 0 fully saturated rings. The molecule has 25 heavy (non-hydrogen) atoms. The number of carbonyl (C=O) groups is 1. The van der Waals surface area contributed by atoms with Crippen molar-refractivity contribution >= 4 is 45.0 Å². The Bertz CT molecular complexity index is 1170. The number of hydrogen-bond acceptors (Lipinski definition) is 3. The number of nitrogens with zero attached hydrogens (tertiary/aromatic N) is 2. The molecule has 0 spiro atoms. The van der Waals surface area contributed by atoms with E-state index in [1.807, 2.05) is 18.2 Å². The van der Waals surface area contributed by atoms with Crippen molar-refractivity contribution in [1.29, 1.82) is 5.26 Å². The SMILES string of the molecule is N#Cc1cccc(C(=O)Nc2cc(Cl)cc3c2[nH]c2cnccc23)c1. The van der Waals surface area contributed by atoms with Crippen LogP contribution in [0.15, 0.2) is 54.9 Å². The summed E-state index contributed by atoms with van der Waals surface area (Å²) in [5.74, 6) is -0.308. The molecule has 1 amide bonds.